The van der Waals surface area contributed by atoms with Crippen molar-refractivity contribution >= 4 is 5.91 Å². The summed E-state index contributed by atoms with van der Waals surface area (Å²) in [5.41, 5.74) is 8.79. The van der Waals surface area contributed by atoms with Crippen molar-refractivity contribution in [1.29, 1.82) is 0 Å². The van der Waals surface area contributed by atoms with Crippen LogP contribution in [0.5, 0.6) is 0 Å². The highest BCUT2D eigenvalue weighted by molar-refractivity contribution is 5.76. The summed E-state index contributed by atoms with van der Waals surface area (Å²) in [6, 6.07) is 18.4. The molecule has 2 rings (SSSR count). The second-order valence-electron chi connectivity index (χ2n) is 4.52. The number of primary amides is 1. The fourth-order valence-corrected chi connectivity index (χ4v) is 2.22. The van der Waals surface area contributed by atoms with Gasteiger partial charge in [-0.15, -0.1) is 0 Å². The molecule has 1 amide bonds. The van der Waals surface area contributed by atoms with Crippen molar-refractivity contribution in [2.75, 3.05) is 0 Å². The number of carbonyl (C=O) groups is 1. The van der Waals surface area contributed by atoms with E-state index in [-0.39, 0.29) is 11.8 Å². The van der Waals surface area contributed by atoms with Gasteiger partial charge in [0.2, 0.25) is 5.91 Å². The number of hydrogen-bond donors (Lipinski definition) is 1. The quantitative estimate of drug-likeness (QED) is 0.873. The van der Waals surface area contributed by atoms with E-state index in [1.165, 1.54) is 16.7 Å². The van der Waals surface area contributed by atoms with Gasteiger partial charge in [0.05, 0.1) is 0 Å². The maximum atomic E-state index is 11.1. The van der Waals surface area contributed by atoms with Gasteiger partial charge in [-0.2, -0.15) is 0 Å². The molecule has 92 valence electrons. The van der Waals surface area contributed by atoms with Gasteiger partial charge >= 0.3 is 0 Å². The van der Waals surface area contributed by atoms with E-state index in [9.17, 15) is 4.79 Å². The van der Waals surface area contributed by atoms with Crippen LogP contribution in [0.2, 0.25) is 0 Å². The van der Waals surface area contributed by atoms with Gasteiger partial charge in [-0.25, -0.2) is 0 Å². The Bertz CT molecular complexity index is 534. The molecule has 0 aromatic heterocycles. The third-order valence-electron chi connectivity index (χ3n) is 3.08. The number of amides is 1. The summed E-state index contributed by atoms with van der Waals surface area (Å²) in [4.78, 5) is 11.1. The highest BCUT2D eigenvalue weighted by atomic mass is 16.1. The summed E-state index contributed by atoms with van der Waals surface area (Å²) in [7, 11) is 0. The van der Waals surface area contributed by atoms with Crippen molar-refractivity contribution in [2.24, 2.45) is 5.73 Å². The van der Waals surface area contributed by atoms with Crippen molar-refractivity contribution in [1.82, 2.24) is 0 Å². The Morgan fingerprint density at radius 3 is 2.33 bits per heavy atom. The van der Waals surface area contributed by atoms with Gasteiger partial charge in [0, 0.05) is 6.42 Å². The average Bonchev–Trinajstić information content (AvgIpc) is 2.39. The van der Waals surface area contributed by atoms with Crippen LogP contribution >= 0.6 is 0 Å². The first kappa shape index (κ1) is 12.4. The predicted octanol–water partition coefficient (Wildman–Crippen LogP) is 3.33. The topological polar surface area (TPSA) is 43.1 Å². The zero-order chi connectivity index (χ0) is 13.0. The van der Waals surface area contributed by atoms with Crippen LogP contribution in [-0.4, -0.2) is 5.91 Å². The van der Waals surface area contributed by atoms with Crippen molar-refractivity contribution in [3.05, 3.63) is 60.2 Å². The van der Waals surface area contributed by atoms with E-state index in [0.29, 0.717) is 6.42 Å². The number of carbonyl (C=O) groups excluding carboxylic acids is 1. The lowest BCUT2D eigenvalue weighted by Gasteiger charge is -2.15. The average molecular weight is 239 g/mol. The molecular formula is C16H17NO. The molecule has 2 aromatic rings. The molecule has 2 N–H and O–H groups in total. The van der Waals surface area contributed by atoms with Gasteiger partial charge in [0.25, 0.3) is 0 Å². The smallest absolute Gasteiger partial charge is 0.218 e. The Morgan fingerprint density at radius 1 is 1.06 bits per heavy atom. The van der Waals surface area contributed by atoms with Gasteiger partial charge in [0.1, 0.15) is 0 Å². The van der Waals surface area contributed by atoms with Crippen LogP contribution in [0.25, 0.3) is 11.1 Å². The van der Waals surface area contributed by atoms with Crippen molar-refractivity contribution in [3.8, 4) is 11.1 Å². The molecule has 0 aliphatic rings. The molecule has 0 aliphatic heterocycles. The highest BCUT2D eigenvalue weighted by Gasteiger charge is 2.13. The van der Waals surface area contributed by atoms with Gasteiger partial charge in [0.15, 0.2) is 0 Å². The number of rotatable bonds is 4. The summed E-state index contributed by atoms with van der Waals surface area (Å²) in [6.45, 7) is 2.03. The van der Waals surface area contributed by atoms with E-state index >= 15 is 0 Å². The molecule has 1 atom stereocenters. The third-order valence-corrected chi connectivity index (χ3v) is 3.08. The van der Waals surface area contributed by atoms with Crippen molar-refractivity contribution in [2.45, 2.75) is 19.3 Å². The first-order valence-electron chi connectivity index (χ1n) is 6.11. The minimum absolute atomic E-state index is 0.138. The molecule has 2 heteroatoms. The van der Waals surface area contributed by atoms with Crippen LogP contribution in [-0.2, 0) is 4.79 Å². The number of benzene rings is 2. The minimum Gasteiger partial charge on any atom is -0.370 e. The van der Waals surface area contributed by atoms with E-state index < -0.39 is 0 Å². The van der Waals surface area contributed by atoms with Crippen LogP contribution in [0.4, 0.5) is 0 Å². The third kappa shape index (κ3) is 2.77. The second-order valence-corrected chi connectivity index (χ2v) is 4.52. The predicted molar refractivity (Wildman–Crippen MR) is 74.1 cm³/mol. The molecule has 0 radical (unpaired) electrons. The van der Waals surface area contributed by atoms with Crippen molar-refractivity contribution < 1.29 is 4.79 Å². The second kappa shape index (κ2) is 5.50. The first-order valence-corrected chi connectivity index (χ1v) is 6.11. The van der Waals surface area contributed by atoms with Gasteiger partial charge in [-0.1, -0.05) is 61.5 Å². The maximum Gasteiger partial charge on any atom is 0.218 e. The normalized spacial score (nSPS) is 12.1. The zero-order valence-corrected chi connectivity index (χ0v) is 10.5. The highest BCUT2D eigenvalue weighted by Crippen LogP contribution is 2.30. The van der Waals surface area contributed by atoms with Crippen LogP contribution in [0.3, 0.4) is 0 Å². The molecule has 0 bridgehead atoms. The van der Waals surface area contributed by atoms with Crippen LogP contribution in [0.1, 0.15) is 24.8 Å². The van der Waals surface area contributed by atoms with Crippen LogP contribution in [0.15, 0.2) is 54.6 Å². The van der Waals surface area contributed by atoms with Crippen LogP contribution < -0.4 is 5.73 Å². The molecule has 0 fully saturated rings. The standard InChI is InChI=1S/C16H17NO/c1-12(11-16(17)18)14-9-5-6-10-15(14)13-7-3-2-4-8-13/h2-10,12H,11H2,1H3,(H2,17,18). The first-order chi connectivity index (χ1) is 8.68. The lowest BCUT2D eigenvalue weighted by molar-refractivity contribution is -0.118. The summed E-state index contributed by atoms with van der Waals surface area (Å²) in [6.07, 6.45) is 0.379. The van der Waals surface area contributed by atoms with E-state index in [4.69, 9.17) is 5.73 Å². The molecule has 1 unspecified atom stereocenters. The minimum atomic E-state index is -0.259. The Labute approximate surface area is 107 Å². The Kier molecular flexibility index (Phi) is 3.78. The SMILES string of the molecule is CC(CC(N)=O)c1ccccc1-c1ccccc1. The lowest BCUT2D eigenvalue weighted by atomic mass is 9.89. The Balaban J connectivity index is 2.40. The number of hydrogen-bond acceptors (Lipinski definition) is 1. The molecule has 2 aromatic carbocycles. The van der Waals surface area contributed by atoms with Crippen LogP contribution in [0, 0.1) is 0 Å². The lowest BCUT2D eigenvalue weighted by Crippen LogP contribution is -2.14. The molecule has 0 saturated carbocycles. The fraction of sp³-hybridized carbons (Fsp3) is 0.188. The van der Waals surface area contributed by atoms with E-state index in [1.807, 2.05) is 37.3 Å². The van der Waals surface area contributed by atoms with Gasteiger partial charge in [-0.05, 0) is 22.6 Å². The molecule has 0 heterocycles. The summed E-state index contributed by atoms with van der Waals surface area (Å²) in [5, 5.41) is 0. The molecule has 0 saturated heterocycles. The van der Waals surface area contributed by atoms with Gasteiger partial charge < -0.3 is 5.73 Å². The Morgan fingerprint density at radius 2 is 1.67 bits per heavy atom. The fourth-order valence-electron chi connectivity index (χ4n) is 2.22. The van der Waals surface area contributed by atoms with Gasteiger partial charge in [-0.3, -0.25) is 4.79 Å². The molecule has 18 heavy (non-hydrogen) atoms. The largest absolute Gasteiger partial charge is 0.370 e. The molecule has 0 aliphatic carbocycles. The summed E-state index contributed by atoms with van der Waals surface area (Å²) < 4.78 is 0. The van der Waals surface area contributed by atoms with E-state index in [2.05, 4.69) is 24.3 Å². The van der Waals surface area contributed by atoms with Crippen molar-refractivity contribution in [3.63, 3.8) is 0 Å². The summed E-state index contributed by atoms with van der Waals surface area (Å²) >= 11 is 0. The maximum absolute atomic E-state index is 11.1. The molecule has 2 nitrogen and oxygen atoms in total. The zero-order valence-electron chi connectivity index (χ0n) is 10.5. The Hall–Kier alpha value is -2.09. The molecular weight excluding hydrogens is 222 g/mol. The summed E-state index contributed by atoms with van der Waals surface area (Å²) in [5.74, 6) is -0.121. The number of nitrogens with two attached hydrogens (primary N) is 1. The van der Waals surface area contributed by atoms with E-state index in [0.717, 1.165) is 0 Å². The van der Waals surface area contributed by atoms with E-state index in [1.54, 1.807) is 0 Å². The monoisotopic (exact) mass is 239 g/mol. The molecule has 0 spiro atoms.